The van der Waals surface area contributed by atoms with E-state index in [1.807, 2.05) is 61.5 Å². The largest absolute Gasteiger partial charge is 0.489 e. The van der Waals surface area contributed by atoms with Gasteiger partial charge in [0.25, 0.3) is 5.91 Å². The number of hydrogen-bond donors (Lipinski definition) is 2. The summed E-state index contributed by atoms with van der Waals surface area (Å²) < 4.78 is 7.46. The topological polar surface area (TPSA) is 68.2 Å². The first-order chi connectivity index (χ1) is 13.7. The average molecular weight is 378 g/mol. The first kappa shape index (κ1) is 19.6. The van der Waals surface area contributed by atoms with E-state index < -0.39 is 0 Å². The molecule has 1 amide bonds. The summed E-state index contributed by atoms with van der Waals surface area (Å²) in [5.41, 5.74) is 2.94. The summed E-state index contributed by atoms with van der Waals surface area (Å²) >= 11 is 0. The predicted octanol–water partition coefficient (Wildman–Crippen LogP) is 4.02. The Morgan fingerprint density at radius 1 is 1.07 bits per heavy atom. The highest BCUT2D eigenvalue weighted by atomic mass is 16.5. The molecule has 0 unspecified atom stereocenters. The summed E-state index contributed by atoms with van der Waals surface area (Å²) in [6.45, 7) is 6.15. The molecule has 0 atom stereocenters. The average Bonchev–Trinajstić information content (AvgIpc) is 3.16. The number of amides is 1. The van der Waals surface area contributed by atoms with Crippen LogP contribution in [0.1, 0.15) is 36.3 Å². The molecule has 28 heavy (non-hydrogen) atoms. The van der Waals surface area contributed by atoms with Gasteiger partial charge >= 0.3 is 0 Å². The molecule has 6 nitrogen and oxygen atoms in total. The van der Waals surface area contributed by atoms with Crippen LogP contribution in [0.25, 0.3) is 5.69 Å². The highest BCUT2D eigenvalue weighted by Crippen LogP contribution is 2.23. The van der Waals surface area contributed by atoms with Crippen LogP contribution in [0, 0.1) is 0 Å². The third-order valence-corrected chi connectivity index (χ3v) is 4.21. The van der Waals surface area contributed by atoms with Crippen LogP contribution in [0.3, 0.4) is 0 Å². The minimum absolute atomic E-state index is 0.274. The quantitative estimate of drug-likeness (QED) is 0.590. The molecule has 0 spiro atoms. The highest BCUT2D eigenvalue weighted by Gasteiger charge is 2.20. The van der Waals surface area contributed by atoms with E-state index in [2.05, 4.69) is 22.7 Å². The van der Waals surface area contributed by atoms with Crippen molar-refractivity contribution in [3.8, 4) is 11.4 Å². The molecular weight excluding hydrogens is 352 g/mol. The summed E-state index contributed by atoms with van der Waals surface area (Å²) in [5.74, 6) is 0.192. The van der Waals surface area contributed by atoms with Crippen LogP contribution in [0.5, 0.6) is 5.75 Å². The summed E-state index contributed by atoms with van der Waals surface area (Å²) in [7, 11) is 0. The fraction of sp³-hybridized carbons (Fsp3) is 0.273. The second kappa shape index (κ2) is 9.71. The minimum Gasteiger partial charge on any atom is -0.489 e. The van der Waals surface area contributed by atoms with Gasteiger partial charge in [-0.05, 0) is 36.7 Å². The lowest BCUT2D eigenvalue weighted by atomic mass is 10.1. The fourth-order valence-electron chi connectivity index (χ4n) is 2.78. The van der Waals surface area contributed by atoms with Crippen LogP contribution in [0.15, 0.2) is 60.8 Å². The Morgan fingerprint density at radius 3 is 2.57 bits per heavy atom. The zero-order valence-corrected chi connectivity index (χ0v) is 16.3. The molecule has 1 aromatic heterocycles. The number of hydrogen-bond acceptors (Lipinski definition) is 4. The molecule has 2 aromatic carbocycles. The van der Waals surface area contributed by atoms with Gasteiger partial charge in [-0.2, -0.15) is 5.10 Å². The van der Waals surface area contributed by atoms with Gasteiger partial charge in [-0.1, -0.05) is 50.2 Å². The van der Waals surface area contributed by atoms with E-state index >= 15 is 0 Å². The third kappa shape index (κ3) is 4.78. The van der Waals surface area contributed by atoms with E-state index in [0.29, 0.717) is 18.9 Å². The Hall–Kier alpha value is -3.12. The van der Waals surface area contributed by atoms with Crippen molar-refractivity contribution in [3.05, 3.63) is 72.1 Å². The predicted molar refractivity (Wildman–Crippen MR) is 111 cm³/mol. The van der Waals surface area contributed by atoms with Crippen LogP contribution in [0.2, 0.25) is 0 Å². The van der Waals surface area contributed by atoms with Crippen LogP contribution in [-0.4, -0.2) is 28.8 Å². The summed E-state index contributed by atoms with van der Waals surface area (Å²) in [5, 5.41) is 10.8. The first-order valence-electron chi connectivity index (χ1n) is 9.60. The van der Waals surface area contributed by atoms with Gasteiger partial charge < -0.3 is 15.4 Å². The molecule has 0 aliphatic carbocycles. The van der Waals surface area contributed by atoms with E-state index in [1.54, 1.807) is 10.9 Å². The lowest BCUT2D eigenvalue weighted by Gasteiger charge is -2.11. The molecule has 0 saturated carbocycles. The van der Waals surface area contributed by atoms with E-state index in [0.717, 1.165) is 29.9 Å². The van der Waals surface area contributed by atoms with E-state index in [1.165, 1.54) is 0 Å². The van der Waals surface area contributed by atoms with Crippen molar-refractivity contribution in [2.45, 2.75) is 26.8 Å². The zero-order valence-electron chi connectivity index (χ0n) is 16.3. The number of nitrogens with one attached hydrogen (secondary N) is 2. The van der Waals surface area contributed by atoms with Crippen molar-refractivity contribution in [2.24, 2.45) is 0 Å². The molecule has 2 N–H and O–H groups in total. The number of rotatable bonds is 9. The van der Waals surface area contributed by atoms with Crippen LogP contribution < -0.4 is 15.4 Å². The van der Waals surface area contributed by atoms with Gasteiger partial charge in [0.2, 0.25) is 0 Å². The molecule has 0 radical (unpaired) electrons. The minimum atomic E-state index is -0.287. The third-order valence-electron chi connectivity index (χ3n) is 4.21. The van der Waals surface area contributed by atoms with Gasteiger partial charge in [0.15, 0.2) is 11.4 Å². The molecule has 1 heterocycles. The van der Waals surface area contributed by atoms with E-state index in [9.17, 15) is 4.79 Å². The van der Waals surface area contributed by atoms with Crippen LogP contribution in [-0.2, 0) is 6.54 Å². The summed E-state index contributed by atoms with van der Waals surface area (Å²) in [4.78, 5) is 13.0. The van der Waals surface area contributed by atoms with Gasteiger partial charge in [-0.3, -0.25) is 4.79 Å². The number of para-hydroxylation sites is 2. The second-order valence-electron chi connectivity index (χ2n) is 6.36. The molecule has 3 rings (SSSR count). The number of anilines is 1. The molecule has 0 saturated heterocycles. The van der Waals surface area contributed by atoms with Crippen LogP contribution >= 0.6 is 0 Å². The fourth-order valence-corrected chi connectivity index (χ4v) is 2.78. The highest BCUT2D eigenvalue weighted by molar-refractivity contribution is 6.05. The Labute approximate surface area is 165 Å². The van der Waals surface area contributed by atoms with Gasteiger partial charge in [0.1, 0.15) is 0 Å². The maximum absolute atomic E-state index is 13.0. The van der Waals surface area contributed by atoms with Crippen molar-refractivity contribution in [1.29, 1.82) is 0 Å². The molecule has 6 heteroatoms. The van der Waals surface area contributed by atoms with Crippen molar-refractivity contribution >= 4 is 11.6 Å². The maximum Gasteiger partial charge on any atom is 0.280 e. The summed E-state index contributed by atoms with van der Waals surface area (Å²) in [6.07, 6.45) is 2.60. The number of nitrogens with zero attached hydrogens (tertiary/aromatic N) is 2. The van der Waals surface area contributed by atoms with Crippen molar-refractivity contribution in [1.82, 2.24) is 15.1 Å². The smallest absolute Gasteiger partial charge is 0.280 e. The van der Waals surface area contributed by atoms with Crippen molar-refractivity contribution in [2.75, 3.05) is 18.5 Å². The van der Waals surface area contributed by atoms with E-state index in [-0.39, 0.29) is 11.6 Å². The number of carbonyl (C=O) groups excluding carboxylic acids is 1. The lowest BCUT2D eigenvalue weighted by Crippen LogP contribution is -2.18. The van der Waals surface area contributed by atoms with E-state index in [4.69, 9.17) is 4.74 Å². The normalized spacial score (nSPS) is 10.6. The van der Waals surface area contributed by atoms with Gasteiger partial charge in [-0.15, -0.1) is 0 Å². The molecule has 3 aromatic rings. The summed E-state index contributed by atoms with van der Waals surface area (Å²) in [6, 6.07) is 17.4. The number of carbonyl (C=O) groups is 1. The zero-order chi connectivity index (χ0) is 19.8. The monoisotopic (exact) mass is 378 g/mol. The molecule has 0 aliphatic rings. The van der Waals surface area contributed by atoms with Gasteiger partial charge in [0, 0.05) is 12.2 Å². The Morgan fingerprint density at radius 2 is 1.82 bits per heavy atom. The maximum atomic E-state index is 13.0. The van der Waals surface area contributed by atoms with Crippen molar-refractivity contribution in [3.63, 3.8) is 0 Å². The molecule has 146 valence electrons. The van der Waals surface area contributed by atoms with Gasteiger partial charge in [-0.25, -0.2) is 4.68 Å². The first-order valence-corrected chi connectivity index (χ1v) is 9.60. The van der Waals surface area contributed by atoms with Crippen LogP contribution in [0.4, 0.5) is 5.69 Å². The molecule has 0 aliphatic heterocycles. The van der Waals surface area contributed by atoms with Gasteiger partial charge in [0.05, 0.1) is 18.5 Å². The Balaban J connectivity index is 1.87. The SMILES string of the molecule is CCCOc1cn(-c2ccccc2)nc1C(=O)Nc1ccccc1CNCC. The number of aromatic nitrogens is 2. The van der Waals surface area contributed by atoms with Crippen molar-refractivity contribution < 1.29 is 9.53 Å². The lowest BCUT2D eigenvalue weighted by molar-refractivity contribution is 0.101. The Kier molecular flexibility index (Phi) is 6.81. The number of benzene rings is 2. The second-order valence-corrected chi connectivity index (χ2v) is 6.36. The molecule has 0 bridgehead atoms. The molecular formula is C22H26N4O2. The Bertz CT molecular complexity index is 906. The standard InChI is InChI=1S/C22H26N4O2/c1-3-14-28-20-16-26(18-11-6-5-7-12-18)25-21(20)22(27)24-19-13-9-8-10-17(19)15-23-4-2/h5-13,16,23H,3-4,14-15H2,1-2H3,(H,24,27). The number of ether oxygens (including phenoxy) is 1. The molecule has 0 fully saturated rings.